The molecule has 2 atom stereocenters. The Hall–Kier alpha value is -1.66. The number of allylic oxidation sites excluding steroid dienone is 3. The molecule has 0 bridgehead atoms. The predicted molar refractivity (Wildman–Crippen MR) is 296 cm³/mol. The lowest BCUT2D eigenvalue weighted by Crippen LogP contribution is -2.45. The van der Waals surface area contributed by atoms with E-state index in [0.29, 0.717) is 19.4 Å². The van der Waals surface area contributed by atoms with Crippen LogP contribution >= 0.6 is 0 Å². The van der Waals surface area contributed by atoms with Crippen molar-refractivity contribution in [3.63, 3.8) is 0 Å². The summed E-state index contributed by atoms with van der Waals surface area (Å²) in [5, 5.41) is 23.1. The third kappa shape index (κ3) is 53.7. The van der Waals surface area contributed by atoms with Gasteiger partial charge in [-0.1, -0.05) is 295 Å². The fraction of sp³-hybridized carbons (Fsp3) is 0.903. The molecule has 3 N–H and O–H groups in total. The van der Waals surface area contributed by atoms with Gasteiger partial charge >= 0.3 is 5.97 Å². The van der Waals surface area contributed by atoms with Crippen LogP contribution in [0.25, 0.3) is 0 Å². The van der Waals surface area contributed by atoms with E-state index in [1.165, 1.54) is 263 Å². The minimum Gasteiger partial charge on any atom is -0.466 e. The molecule has 0 aliphatic heterocycles. The van der Waals surface area contributed by atoms with Crippen LogP contribution in [-0.4, -0.2) is 47.4 Å². The minimum absolute atomic E-state index is 0.00401. The fourth-order valence-corrected chi connectivity index (χ4v) is 9.50. The quantitative estimate of drug-likeness (QED) is 0.0321. The molecule has 2 unspecified atom stereocenters. The lowest BCUT2D eigenvalue weighted by Gasteiger charge is -2.20. The fourth-order valence-electron chi connectivity index (χ4n) is 9.50. The van der Waals surface area contributed by atoms with Gasteiger partial charge in [0.1, 0.15) is 0 Å². The number of carbonyl (C=O) groups excluding carboxylic acids is 2. The maximum Gasteiger partial charge on any atom is 0.305 e. The standard InChI is InChI=1S/C62H119NO5/c1-3-5-7-9-11-13-15-16-17-28-31-35-38-42-46-50-54-60(65)59(58-64)63-61(66)55-51-47-43-39-36-32-29-26-24-22-20-18-19-21-23-25-27-30-33-37-41-45-49-53-57-68-62(67)56-52-48-44-40-34-14-12-10-8-6-4-2/h10,12,50,54,59-60,64-65H,3-9,11,13-49,51-53,55-58H2,1-2H3,(H,63,66)/b12-10-,54-50+. The van der Waals surface area contributed by atoms with Gasteiger partial charge in [-0.3, -0.25) is 9.59 Å². The summed E-state index contributed by atoms with van der Waals surface area (Å²) in [6, 6.07) is -0.626. The van der Waals surface area contributed by atoms with E-state index >= 15 is 0 Å². The second-order valence-corrected chi connectivity index (χ2v) is 21.0. The van der Waals surface area contributed by atoms with Crippen molar-refractivity contribution < 1.29 is 24.5 Å². The number of amides is 1. The molecule has 6 nitrogen and oxygen atoms in total. The predicted octanol–water partition coefficient (Wildman–Crippen LogP) is 19.0. The van der Waals surface area contributed by atoms with Crippen molar-refractivity contribution in [2.75, 3.05) is 13.2 Å². The molecule has 0 aromatic carbocycles. The average Bonchev–Trinajstić information content (AvgIpc) is 3.34. The van der Waals surface area contributed by atoms with Crippen LogP contribution in [0.2, 0.25) is 0 Å². The number of nitrogens with one attached hydrogen (secondary N) is 1. The molecule has 0 aliphatic rings. The Labute approximate surface area is 424 Å². The molecule has 0 aliphatic carbocycles. The zero-order valence-corrected chi connectivity index (χ0v) is 45.9. The van der Waals surface area contributed by atoms with Gasteiger partial charge in [0.15, 0.2) is 0 Å². The van der Waals surface area contributed by atoms with Crippen LogP contribution in [0.3, 0.4) is 0 Å². The molecule has 0 rings (SSSR count). The van der Waals surface area contributed by atoms with Crippen molar-refractivity contribution in [1.29, 1.82) is 0 Å². The molecule has 0 fully saturated rings. The number of hydrogen-bond donors (Lipinski definition) is 3. The average molecular weight is 959 g/mol. The minimum atomic E-state index is -0.843. The van der Waals surface area contributed by atoms with Crippen LogP contribution in [0.5, 0.6) is 0 Å². The highest BCUT2D eigenvalue weighted by Crippen LogP contribution is 2.18. The van der Waals surface area contributed by atoms with Gasteiger partial charge in [0.05, 0.1) is 25.4 Å². The summed E-state index contributed by atoms with van der Waals surface area (Å²) in [6.07, 6.45) is 70.7. The van der Waals surface area contributed by atoms with Crippen molar-refractivity contribution in [1.82, 2.24) is 5.32 Å². The van der Waals surface area contributed by atoms with Crippen LogP contribution in [0, 0.1) is 0 Å². The van der Waals surface area contributed by atoms with E-state index in [2.05, 4.69) is 31.3 Å². The topological polar surface area (TPSA) is 95.9 Å². The van der Waals surface area contributed by atoms with E-state index in [0.717, 1.165) is 44.9 Å². The Kier molecular flexibility index (Phi) is 56.5. The lowest BCUT2D eigenvalue weighted by atomic mass is 10.0. The molecule has 0 aromatic rings. The Balaban J connectivity index is 3.39. The van der Waals surface area contributed by atoms with Gasteiger partial charge in [0.2, 0.25) is 5.91 Å². The molecular weight excluding hydrogens is 839 g/mol. The Bertz CT molecular complexity index is 1060. The molecule has 0 spiro atoms. The van der Waals surface area contributed by atoms with E-state index in [1.54, 1.807) is 6.08 Å². The Morgan fingerprint density at radius 1 is 0.397 bits per heavy atom. The Morgan fingerprint density at radius 3 is 1.09 bits per heavy atom. The molecule has 0 saturated carbocycles. The van der Waals surface area contributed by atoms with Crippen LogP contribution in [0.15, 0.2) is 24.3 Å². The number of carbonyl (C=O) groups is 2. The van der Waals surface area contributed by atoms with Crippen molar-refractivity contribution >= 4 is 11.9 Å². The molecule has 0 saturated heterocycles. The molecule has 1 amide bonds. The number of aliphatic hydroxyl groups excluding tert-OH is 2. The van der Waals surface area contributed by atoms with Gasteiger partial charge in [0.25, 0.3) is 0 Å². The van der Waals surface area contributed by atoms with Crippen LogP contribution in [0.1, 0.15) is 335 Å². The summed E-state index contributed by atoms with van der Waals surface area (Å²) in [7, 11) is 0. The first-order chi connectivity index (χ1) is 33.5. The van der Waals surface area contributed by atoms with Gasteiger partial charge in [-0.25, -0.2) is 0 Å². The summed E-state index contributed by atoms with van der Waals surface area (Å²) in [5.74, 6) is -0.0609. The van der Waals surface area contributed by atoms with Gasteiger partial charge < -0.3 is 20.3 Å². The molecule has 0 heterocycles. The highest BCUT2D eigenvalue weighted by atomic mass is 16.5. The van der Waals surface area contributed by atoms with Crippen LogP contribution in [-0.2, 0) is 14.3 Å². The van der Waals surface area contributed by atoms with E-state index in [9.17, 15) is 19.8 Å². The maximum absolute atomic E-state index is 12.5. The number of esters is 1. The van der Waals surface area contributed by atoms with Crippen LogP contribution < -0.4 is 5.32 Å². The highest BCUT2D eigenvalue weighted by molar-refractivity contribution is 5.76. The molecular formula is C62H119NO5. The first kappa shape index (κ1) is 66.3. The van der Waals surface area contributed by atoms with Gasteiger partial charge in [-0.15, -0.1) is 0 Å². The smallest absolute Gasteiger partial charge is 0.305 e. The van der Waals surface area contributed by atoms with E-state index in [4.69, 9.17) is 4.74 Å². The summed E-state index contributed by atoms with van der Waals surface area (Å²) in [6.45, 7) is 4.88. The number of aliphatic hydroxyl groups is 2. The Morgan fingerprint density at radius 2 is 0.706 bits per heavy atom. The first-order valence-corrected chi connectivity index (χ1v) is 30.6. The molecule has 68 heavy (non-hydrogen) atoms. The normalized spacial score (nSPS) is 12.7. The van der Waals surface area contributed by atoms with Crippen molar-refractivity contribution in [3.8, 4) is 0 Å². The van der Waals surface area contributed by atoms with E-state index in [1.807, 2.05) is 6.08 Å². The second-order valence-electron chi connectivity index (χ2n) is 21.0. The van der Waals surface area contributed by atoms with Crippen LogP contribution in [0.4, 0.5) is 0 Å². The lowest BCUT2D eigenvalue weighted by molar-refractivity contribution is -0.143. The molecule has 402 valence electrons. The summed E-state index contributed by atoms with van der Waals surface area (Å²) in [4.78, 5) is 24.5. The summed E-state index contributed by atoms with van der Waals surface area (Å²) < 4.78 is 5.46. The molecule has 6 heteroatoms. The largest absolute Gasteiger partial charge is 0.466 e. The SMILES string of the molecule is CCCC/C=C\CCCCCCCC(=O)OCCCCCCCCCCCCCCCCCCCCCCCCCCC(=O)NC(CO)C(O)/C=C/CCCCCCCCCCCCCCCC. The van der Waals surface area contributed by atoms with Crippen molar-refractivity contribution in [2.45, 2.75) is 347 Å². The van der Waals surface area contributed by atoms with E-state index in [-0.39, 0.29) is 18.5 Å². The van der Waals surface area contributed by atoms with Crippen molar-refractivity contribution in [2.24, 2.45) is 0 Å². The van der Waals surface area contributed by atoms with Gasteiger partial charge in [0, 0.05) is 12.8 Å². The second kappa shape index (κ2) is 57.9. The summed E-state index contributed by atoms with van der Waals surface area (Å²) >= 11 is 0. The van der Waals surface area contributed by atoms with E-state index < -0.39 is 12.1 Å². The third-order valence-corrected chi connectivity index (χ3v) is 14.2. The zero-order chi connectivity index (χ0) is 49.3. The molecule has 0 radical (unpaired) electrons. The molecule has 0 aromatic heterocycles. The number of rotatable bonds is 57. The number of ether oxygens (including phenoxy) is 1. The number of unbranched alkanes of at least 4 members (excludes halogenated alkanes) is 44. The summed E-state index contributed by atoms with van der Waals surface area (Å²) in [5.41, 5.74) is 0. The number of hydrogen-bond acceptors (Lipinski definition) is 5. The zero-order valence-electron chi connectivity index (χ0n) is 45.9. The van der Waals surface area contributed by atoms with Gasteiger partial charge in [-0.2, -0.15) is 0 Å². The highest BCUT2D eigenvalue weighted by Gasteiger charge is 2.18. The third-order valence-electron chi connectivity index (χ3n) is 14.2. The van der Waals surface area contributed by atoms with Crippen molar-refractivity contribution in [3.05, 3.63) is 24.3 Å². The monoisotopic (exact) mass is 958 g/mol. The first-order valence-electron chi connectivity index (χ1n) is 30.6. The van der Waals surface area contributed by atoms with Gasteiger partial charge in [-0.05, 0) is 51.4 Å². The maximum atomic E-state index is 12.5.